The van der Waals surface area contributed by atoms with Gasteiger partial charge in [-0.1, -0.05) is 0 Å². The van der Waals surface area contributed by atoms with Crippen molar-refractivity contribution in [1.82, 2.24) is 15.0 Å². The van der Waals surface area contributed by atoms with Gasteiger partial charge < -0.3 is 20.5 Å². The van der Waals surface area contributed by atoms with Crippen molar-refractivity contribution >= 4 is 11.9 Å². The number of aliphatic hydroxyl groups is 1. The van der Waals surface area contributed by atoms with E-state index in [4.69, 9.17) is 4.74 Å². The molecule has 1 rings (SSSR count). The summed E-state index contributed by atoms with van der Waals surface area (Å²) in [5.74, 6) is 0.829. The molecule has 7 heteroatoms. The molecule has 0 unspecified atom stereocenters. The summed E-state index contributed by atoms with van der Waals surface area (Å²) >= 11 is 0. The number of hydrogen-bond acceptors (Lipinski definition) is 7. The summed E-state index contributed by atoms with van der Waals surface area (Å²) in [7, 11) is 0. The fourth-order valence-corrected chi connectivity index (χ4v) is 1.23. The van der Waals surface area contributed by atoms with Gasteiger partial charge >= 0.3 is 6.01 Å². The zero-order valence-corrected chi connectivity index (χ0v) is 12.2. The summed E-state index contributed by atoms with van der Waals surface area (Å²) in [6.45, 7) is 10.2. The third-order valence-corrected chi connectivity index (χ3v) is 1.97. The van der Waals surface area contributed by atoms with Crippen molar-refractivity contribution in [3.8, 4) is 6.01 Å². The van der Waals surface area contributed by atoms with Crippen molar-refractivity contribution in [3.63, 3.8) is 0 Å². The fraction of sp³-hybridized carbons (Fsp3) is 0.750. The highest BCUT2D eigenvalue weighted by molar-refractivity contribution is 5.36. The molecule has 0 bridgehead atoms. The summed E-state index contributed by atoms with van der Waals surface area (Å²) in [5.41, 5.74) is -0.843. The number of nitrogens with one attached hydrogen (secondary N) is 2. The van der Waals surface area contributed by atoms with E-state index in [1.54, 1.807) is 13.8 Å². The Morgan fingerprint density at radius 2 is 1.74 bits per heavy atom. The molecule has 3 N–H and O–H groups in total. The molecule has 1 heterocycles. The zero-order valence-electron chi connectivity index (χ0n) is 12.2. The Bertz CT molecular complexity index is 404. The van der Waals surface area contributed by atoms with E-state index < -0.39 is 5.60 Å². The van der Waals surface area contributed by atoms with Gasteiger partial charge in [0.05, 0.1) is 11.7 Å². The van der Waals surface area contributed by atoms with Crippen LogP contribution < -0.4 is 15.4 Å². The van der Waals surface area contributed by atoms with Crippen LogP contribution in [0.1, 0.15) is 34.6 Å². The number of nitrogens with zero attached hydrogens (tertiary/aromatic N) is 3. The SMILES string of the molecule is CCNc1nc(NCC(C)(C)O)nc(OC(C)C)n1. The average molecular weight is 269 g/mol. The maximum atomic E-state index is 9.69. The Labute approximate surface area is 113 Å². The standard InChI is InChI=1S/C12H23N5O2/c1-6-13-9-15-10(14-7-12(4,5)18)17-11(16-9)19-8(2)3/h8,18H,6-7H2,1-5H3,(H2,13,14,15,16,17). The molecule has 0 aromatic carbocycles. The molecule has 0 amide bonds. The van der Waals surface area contributed by atoms with Gasteiger partial charge in [0.1, 0.15) is 0 Å². The smallest absolute Gasteiger partial charge is 0.323 e. The predicted molar refractivity (Wildman–Crippen MR) is 74.5 cm³/mol. The van der Waals surface area contributed by atoms with Crippen molar-refractivity contribution in [2.75, 3.05) is 23.7 Å². The van der Waals surface area contributed by atoms with Gasteiger partial charge in [0.15, 0.2) is 0 Å². The molecule has 0 aliphatic heterocycles. The maximum absolute atomic E-state index is 9.69. The predicted octanol–water partition coefficient (Wildman–Crippen LogP) is 1.27. The Hall–Kier alpha value is -1.63. The van der Waals surface area contributed by atoms with Gasteiger partial charge in [0.2, 0.25) is 11.9 Å². The van der Waals surface area contributed by atoms with E-state index in [1.807, 2.05) is 20.8 Å². The third-order valence-electron chi connectivity index (χ3n) is 1.97. The van der Waals surface area contributed by atoms with Gasteiger partial charge in [-0.3, -0.25) is 0 Å². The summed E-state index contributed by atoms with van der Waals surface area (Å²) in [6, 6.07) is 0.263. The molecule has 1 aromatic rings. The second-order valence-corrected chi connectivity index (χ2v) is 5.13. The number of anilines is 2. The van der Waals surface area contributed by atoms with Crippen molar-refractivity contribution in [3.05, 3.63) is 0 Å². The second kappa shape index (κ2) is 6.51. The van der Waals surface area contributed by atoms with Crippen LogP contribution in [0.25, 0.3) is 0 Å². The Morgan fingerprint density at radius 1 is 1.16 bits per heavy atom. The first-order valence-corrected chi connectivity index (χ1v) is 6.43. The molecule has 0 aliphatic carbocycles. The van der Waals surface area contributed by atoms with Crippen molar-refractivity contribution < 1.29 is 9.84 Å². The number of aromatic nitrogens is 3. The van der Waals surface area contributed by atoms with Crippen molar-refractivity contribution in [1.29, 1.82) is 0 Å². The van der Waals surface area contributed by atoms with Crippen LogP contribution in [0.3, 0.4) is 0 Å². The number of ether oxygens (including phenoxy) is 1. The van der Waals surface area contributed by atoms with E-state index in [0.29, 0.717) is 25.0 Å². The maximum Gasteiger partial charge on any atom is 0.323 e. The van der Waals surface area contributed by atoms with Gasteiger partial charge in [0.25, 0.3) is 0 Å². The van der Waals surface area contributed by atoms with Crippen molar-refractivity contribution in [2.45, 2.75) is 46.3 Å². The molecule has 0 aliphatic rings. The van der Waals surface area contributed by atoms with Crippen LogP contribution in [0.2, 0.25) is 0 Å². The quantitative estimate of drug-likeness (QED) is 0.686. The summed E-state index contributed by atoms with van der Waals surface area (Å²) in [4.78, 5) is 12.5. The van der Waals surface area contributed by atoms with Crippen LogP contribution in [0.4, 0.5) is 11.9 Å². The lowest BCUT2D eigenvalue weighted by atomic mass is 10.1. The van der Waals surface area contributed by atoms with Crippen LogP contribution in [0.5, 0.6) is 6.01 Å². The molecule has 108 valence electrons. The molecule has 0 atom stereocenters. The van der Waals surface area contributed by atoms with Crippen molar-refractivity contribution in [2.24, 2.45) is 0 Å². The molecule has 7 nitrogen and oxygen atoms in total. The van der Waals surface area contributed by atoms with Gasteiger partial charge in [0, 0.05) is 13.1 Å². The molecule has 0 fully saturated rings. The highest BCUT2D eigenvalue weighted by Crippen LogP contribution is 2.13. The highest BCUT2D eigenvalue weighted by Gasteiger charge is 2.14. The lowest BCUT2D eigenvalue weighted by Crippen LogP contribution is -2.30. The molecule has 0 radical (unpaired) electrons. The van der Waals surface area contributed by atoms with E-state index in [-0.39, 0.29) is 12.1 Å². The first-order chi connectivity index (χ1) is 8.80. The minimum atomic E-state index is -0.843. The summed E-state index contributed by atoms with van der Waals surface area (Å²) < 4.78 is 5.47. The largest absolute Gasteiger partial charge is 0.461 e. The first kappa shape index (κ1) is 15.4. The Kier molecular flexibility index (Phi) is 5.29. The summed E-state index contributed by atoms with van der Waals surface area (Å²) in [6.07, 6.45) is -0.0148. The number of rotatable bonds is 7. The average Bonchev–Trinajstić information content (AvgIpc) is 2.24. The van der Waals surface area contributed by atoms with E-state index in [2.05, 4.69) is 25.6 Å². The topological polar surface area (TPSA) is 92.2 Å². The van der Waals surface area contributed by atoms with E-state index in [1.165, 1.54) is 0 Å². The molecular weight excluding hydrogens is 246 g/mol. The molecule has 0 saturated heterocycles. The Morgan fingerprint density at radius 3 is 2.21 bits per heavy atom. The molecule has 1 aromatic heterocycles. The van der Waals surface area contributed by atoms with Gasteiger partial charge in [-0.2, -0.15) is 15.0 Å². The minimum absolute atomic E-state index is 0.0148. The van der Waals surface area contributed by atoms with Gasteiger partial charge in [-0.25, -0.2) is 0 Å². The van der Waals surface area contributed by atoms with E-state index in [9.17, 15) is 5.11 Å². The zero-order chi connectivity index (χ0) is 14.5. The van der Waals surface area contributed by atoms with Gasteiger partial charge in [-0.15, -0.1) is 0 Å². The van der Waals surface area contributed by atoms with E-state index in [0.717, 1.165) is 0 Å². The van der Waals surface area contributed by atoms with Crippen LogP contribution in [0, 0.1) is 0 Å². The fourth-order valence-electron chi connectivity index (χ4n) is 1.23. The summed E-state index contributed by atoms with van der Waals surface area (Å²) in [5, 5.41) is 15.7. The van der Waals surface area contributed by atoms with E-state index >= 15 is 0 Å². The molecular formula is C12H23N5O2. The lowest BCUT2D eigenvalue weighted by Gasteiger charge is -2.18. The molecule has 0 saturated carbocycles. The van der Waals surface area contributed by atoms with Crippen LogP contribution in [0.15, 0.2) is 0 Å². The number of hydrogen-bond donors (Lipinski definition) is 3. The van der Waals surface area contributed by atoms with Crippen LogP contribution in [-0.4, -0.2) is 44.9 Å². The molecule has 0 spiro atoms. The first-order valence-electron chi connectivity index (χ1n) is 6.43. The molecule has 19 heavy (non-hydrogen) atoms. The second-order valence-electron chi connectivity index (χ2n) is 5.13. The third kappa shape index (κ3) is 6.19. The Balaban J connectivity index is 2.86. The van der Waals surface area contributed by atoms with Gasteiger partial charge in [-0.05, 0) is 34.6 Å². The normalized spacial score (nSPS) is 11.5. The van der Waals surface area contributed by atoms with Crippen LogP contribution >= 0.6 is 0 Å². The monoisotopic (exact) mass is 269 g/mol. The van der Waals surface area contributed by atoms with Crippen LogP contribution in [-0.2, 0) is 0 Å². The lowest BCUT2D eigenvalue weighted by molar-refractivity contribution is 0.0942. The minimum Gasteiger partial charge on any atom is -0.461 e. The highest BCUT2D eigenvalue weighted by atomic mass is 16.5.